The van der Waals surface area contributed by atoms with Crippen molar-refractivity contribution >= 4 is 56.2 Å². The Hall–Kier alpha value is -2.29. The number of aryl methyl sites for hydroxylation is 2. The van der Waals surface area contributed by atoms with Crippen molar-refractivity contribution < 1.29 is 13.2 Å². The summed E-state index contributed by atoms with van der Waals surface area (Å²) in [6.07, 6.45) is 0.508. The maximum atomic E-state index is 13.1. The van der Waals surface area contributed by atoms with Crippen molar-refractivity contribution in [2.24, 2.45) is 5.10 Å². The number of hydrogen-bond acceptors (Lipinski definition) is 5. The van der Waals surface area contributed by atoms with E-state index in [9.17, 15) is 8.42 Å². The third-order valence-electron chi connectivity index (χ3n) is 5.92. The summed E-state index contributed by atoms with van der Waals surface area (Å²) in [4.78, 5) is 0.198. The molecule has 0 fully saturated rings. The molecule has 190 valence electrons. The van der Waals surface area contributed by atoms with Gasteiger partial charge in [0.05, 0.1) is 40.5 Å². The molecular formula is C26H26Cl3N3O3S. The molecule has 1 aliphatic rings. The molecule has 0 amide bonds. The fourth-order valence-corrected chi connectivity index (χ4v) is 6.12. The van der Waals surface area contributed by atoms with Gasteiger partial charge in [0.2, 0.25) is 10.0 Å². The zero-order valence-electron chi connectivity index (χ0n) is 20.1. The molecule has 0 aliphatic carbocycles. The molecule has 1 aliphatic heterocycles. The van der Waals surface area contributed by atoms with Crippen LogP contribution in [0.3, 0.4) is 0 Å². The number of benzene rings is 3. The van der Waals surface area contributed by atoms with E-state index in [0.717, 1.165) is 11.3 Å². The topological polar surface area (TPSA) is 71.0 Å². The van der Waals surface area contributed by atoms with Gasteiger partial charge in [-0.2, -0.15) is 5.10 Å². The van der Waals surface area contributed by atoms with Gasteiger partial charge in [0.25, 0.3) is 0 Å². The molecule has 3 aromatic rings. The van der Waals surface area contributed by atoms with Crippen molar-refractivity contribution in [2.45, 2.75) is 38.1 Å². The predicted octanol–water partition coefficient (Wildman–Crippen LogP) is 6.95. The number of hydrazone groups is 1. The molecule has 4 rings (SSSR count). The third kappa shape index (κ3) is 5.82. The standard InChI is InChI=1S/C26H26Cl3N3O3S/c1-4-35-21-8-5-18(6-9-21)25-14-20(31-32(25)24-10-7-19(27)13-23(24)29)15-30-36(33,34)26-12-16(2)22(28)11-17(26)3/h5-13,25,30H,4,14-15H2,1-3H3. The van der Waals surface area contributed by atoms with Crippen molar-refractivity contribution in [3.05, 3.63) is 86.4 Å². The van der Waals surface area contributed by atoms with Crippen LogP contribution in [-0.2, 0) is 10.0 Å². The van der Waals surface area contributed by atoms with E-state index in [1.54, 1.807) is 38.1 Å². The van der Waals surface area contributed by atoms with Crippen LogP contribution in [0.4, 0.5) is 5.69 Å². The number of nitrogens with zero attached hydrogens (tertiary/aromatic N) is 2. The molecule has 0 spiro atoms. The SMILES string of the molecule is CCOc1ccc(C2CC(CNS(=O)(=O)c3cc(C)c(Cl)cc3C)=NN2c2ccc(Cl)cc2Cl)cc1. The Bertz CT molecular complexity index is 1410. The lowest BCUT2D eigenvalue weighted by Gasteiger charge is -2.25. The van der Waals surface area contributed by atoms with Crippen molar-refractivity contribution in [3.8, 4) is 5.75 Å². The van der Waals surface area contributed by atoms with Crippen LogP contribution in [0.1, 0.15) is 36.1 Å². The van der Waals surface area contributed by atoms with Crippen LogP contribution >= 0.6 is 34.8 Å². The van der Waals surface area contributed by atoms with Gasteiger partial charge in [0.15, 0.2) is 0 Å². The van der Waals surface area contributed by atoms with Crippen LogP contribution in [0.15, 0.2) is 64.6 Å². The Morgan fingerprint density at radius 2 is 1.72 bits per heavy atom. The molecule has 3 aromatic carbocycles. The van der Waals surface area contributed by atoms with Crippen LogP contribution in [0.5, 0.6) is 5.75 Å². The lowest BCUT2D eigenvalue weighted by molar-refractivity contribution is 0.340. The number of halogens is 3. The van der Waals surface area contributed by atoms with E-state index in [4.69, 9.17) is 44.6 Å². The first-order valence-electron chi connectivity index (χ1n) is 11.4. The third-order valence-corrected chi connectivity index (χ3v) is 8.41. The molecule has 1 unspecified atom stereocenters. The van der Waals surface area contributed by atoms with E-state index in [2.05, 4.69) is 4.72 Å². The number of rotatable bonds is 8. The average molecular weight is 567 g/mol. The van der Waals surface area contributed by atoms with Crippen LogP contribution in [0.25, 0.3) is 0 Å². The van der Waals surface area contributed by atoms with Crippen LogP contribution in [0, 0.1) is 13.8 Å². The van der Waals surface area contributed by atoms with Gasteiger partial charge in [-0.05, 0) is 79.9 Å². The second-order valence-corrected chi connectivity index (χ2v) is 11.5. The van der Waals surface area contributed by atoms with E-state index in [0.29, 0.717) is 50.6 Å². The second kappa shape index (κ2) is 11.0. The molecule has 0 aromatic heterocycles. The molecule has 10 heteroatoms. The molecular weight excluding hydrogens is 541 g/mol. The summed E-state index contributed by atoms with van der Waals surface area (Å²) in [7, 11) is -3.78. The van der Waals surface area contributed by atoms with E-state index < -0.39 is 10.0 Å². The number of ether oxygens (including phenoxy) is 1. The zero-order chi connectivity index (χ0) is 26.0. The highest BCUT2D eigenvalue weighted by Gasteiger charge is 2.31. The maximum absolute atomic E-state index is 13.1. The zero-order valence-corrected chi connectivity index (χ0v) is 23.1. The van der Waals surface area contributed by atoms with Crippen LogP contribution < -0.4 is 14.5 Å². The van der Waals surface area contributed by atoms with Gasteiger partial charge < -0.3 is 4.74 Å². The highest BCUT2D eigenvalue weighted by molar-refractivity contribution is 7.89. The highest BCUT2D eigenvalue weighted by Crippen LogP contribution is 2.40. The van der Waals surface area contributed by atoms with Crippen LogP contribution in [-0.4, -0.2) is 27.3 Å². The minimum Gasteiger partial charge on any atom is -0.494 e. The number of hydrogen-bond donors (Lipinski definition) is 1. The summed E-state index contributed by atoms with van der Waals surface area (Å²) in [5, 5.41) is 8.08. The Labute approximate surface area is 226 Å². The first-order valence-corrected chi connectivity index (χ1v) is 14.0. The van der Waals surface area contributed by atoms with E-state index in [1.165, 1.54) is 0 Å². The van der Waals surface area contributed by atoms with Gasteiger partial charge >= 0.3 is 0 Å². The quantitative estimate of drug-likeness (QED) is 0.320. The Morgan fingerprint density at radius 3 is 2.39 bits per heavy atom. The largest absolute Gasteiger partial charge is 0.494 e. The van der Waals surface area contributed by atoms with Crippen LogP contribution in [0.2, 0.25) is 15.1 Å². The first kappa shape index (κ1) is 26.8. The molecule has 0 bridgehead atoms. The van der Waals surface area contributed by atoms with Crippen molar-refractivity contribution in [3.63, 3.8) is 0 Å². The van der Waals surface area contributed by atoms with Crippen molar-refractivity contribution in [2.75, 3.05) is 18.2 Å². The number of nitrogens with one attached hydrogen (secondary N) is 1. The van der Waals surface area contributed by atoms with Gasteiger partial charge in [0.1, 0.15) is 5.75 Å². The van der Waals surface area contributed by atoms with Gasteiger partial charge in [-0.1, -0.05) is 46.9 Å². The lowest BCUT2D eigenvalue weighted by atomic mass is 10.0. The fourth-order valence-electron chi connectivity index (χ4n) is 4.08. The van der Waals surface area contributed by atoms with E-state index >= 15 is 0 Å². The summed E-state index contributed by atoms with van der Waals surface area (Å²) in [6.45, 7) is 6.06. The van der Waals surface area contributed by atoms with Gasteiger partial charge in [-0.15, -0.1) is 0 Å². The lowest BCUT2D eigenvalue weighted by Crippen LogP contribution is -2.29. The first-order chi connectivity index (χ1) is 17.1. The highest BCUT2D eigenvalue weighted by atomic mass is 35.5. The van der Waals surface area contributed by atoms with Gasteiger partial charge in [-0.3, -0.25) is 5.01 Å². The molecule has 0 saturated heterocycles. The minimum absolute atomic E-state index is 0.0543. The molecule has 0 radical (unpaired) electrons. The number of sulfonamides is 1. The Morgan fingerprint density at radius 1 is 1.00 bits per heavy atom. The molecule has 1 heterocycles. The fraction of sp³-hybridized carbons (Fsp3) is 0.269. The maximum Gasteiger partial charge on any atom is 0.241 e. The molecule has 0 saturated carbocycles. The monoisotopic (exact) mass is 565 g/mol. The molecule has 1 atom stereocenters. The normalized spacial score (nSPS) is 15.8. The minimum atomic E-state index is -3.78. The van der Waals surface area contributed by atoms with E-state index in [1.807, 2.05) is 42.3 Å². The molecule has 36 heavy (non-hydrogen) atoms. The smallest absolute Gasteiger partial charge is 0.241 e. The van der Waals surface area contributed by atoms with Crippen molar-refractivity contribution in [1.82, 2.24) is 4.72 Å². The Kier molecular flexibility index (Phi) is 8.17. The summed E-state index contributed by atoms with van der Waals surface area (Å²) >= 11 is 18.8. The van der Waals surface area contributed by atoms with Gasteiger partial charge in [-0.25, -0.2) is 13.1 Å². The summed E-state index contributed by atoms with van der Waals surface area (Å²) < 4.78 is 34.5. The van der Waals surface area contributed by atoms with E-state index in [-0.39, 0.29) is 17.5 Å². The van der Waals surface area contributed by atoms with Crippen molar-refractivity contribution in [1.29, 1.82) is 0 Å². The second-order valence-electron chi connectivity index (χ2n) is 8.52. The summed E-state index contributed by atoms with van der Waals surface area (Å²) in [5.41, 5.74) is 3.62. The summed E-state index contributed by atoms with van der Waals surface area (Å²) in [5.74, 6) is 0.776. The number of anilines is 1. The molecule has 1 N–H and O–H groups in total. The van der Waals surface area contributed by atoms with Gasteiger partial charge in [0, 0.05) is 16.5 Å². The predicted molar refractivity (Wildman–Crippen MR) is 147 cm³/mol. The average Bonchev–Trinajstić information content (AvgIpc) is 3.25. The molecule has 6 nitrogen and oxygen atoms in total. The Balaban J connectivity index is 1.62. The summed E-state index contributed by atoms with van der Waals surface area (Å²) in [6, 6.07) is 16.1.